The Morgan fingerprint density at radius 1 is 1.17 bits per heavy atom. The van der Waals surface area contributed by atoms with Crippen LogP contribution in [0.25, 0.3) is 0 Å². The lowest BCUT2D eigenvalue weighted by molar-refractivity contribution is -0.0486. The third kappa shape index (κ3) is 3.44. The standard InChI is InChI=1S/C19H22N2O2/c1-14-13-23-18(16-5-3-2-4-6-16)12-21(14)19(22)17-9-7-15(11-20)8-10-17/h2-10,14,18H,11-13,20H2,1H3. The van der Waals surface area contributed by atoms with Crippen molar-refractivity contribution in [3.05, 3.63) is 71.3 Å². The minimum absolute atomic E-state index is 0.0466. The summed E-state index contributed by atoms with van der Waals surface area (Å²) < 4.78 is 5.92. The molecule has 4 heteroatoms. The van der Waals surface area contributed by atoms with Crippen molar-refractivity contribution in [3.8, 4) is 0 Å². The smallest absolute Gasteiger partial charge is 0.254 e. The monoisotopic (exact) mass is 310 g/mol. The fraction of sp³-hybridized carbons (Fsp3) is 0.316. The normalized spacial score (nSPS) is 21.2. The van der Waals surface area contributed by atoms with E-state index in [2.05, 4.69) is 0 Å². The van der Waals surface area contributed by atoms with Crippen LogP contribution in [0.2, 0.25) is 0 Å². The first-order valence-corrected chi connectivity index (χ1v) is 7.95. The molecule has 2 N–H and O–H groups in total. The fourth-order valence-electron chi connectivity index (χ4n) is 2.86. The summed E-state index contributed by atoms with van der Waals surface area (Å²) >= 11 is 0. The van der Waals surface area contributed by atoms with Crippen LogP contribution in [0.15, 0.2) is 54.6 Å². The Labute approximate surface area is 136 Å². The summed E-state index contributed by atoms with van der Waals surface area (Å²) in [4.78, 5) is 14.7. The van der Waals surface area contributed by atoms with E-state index in [1.807, 2.05) is 66.4 Å². The van der Waals surface area contributed by atoms with E-state index in [1.54, 1.807) is 0 Å². The third-order valence-corrected chi connectivity index (χ3v) is 4.30. The third-order valence-electron chi connectivity index (χ3n) is 4.30. The van der Waals surface area contributed by atoms with Gasteiger partial charge in [0.05, 0.1) is 19.2 Å². The minimum Gasteiger partial charge on any atom is -0.370 e. The van der Waals surface area contributed by atoms with E-state index in [-0.39, 0.29) is 18.1 Å². The summed E-state index contributed by atoms with van der Waals surface area (Å²) in [5.41, 5.74) is 8.44. The highest BCUT2D eigenvalue weighted by molar-refractivity contribution is 5.94. The average Bonchev–Trinajstić information content (AvgIpc) is 2.62. The van der Waals surface area contributed by atoms with E-state index in [0.717, 1.165) is 11.1 Å². The number of carbonyl (C=O) groups excluding carboxylic acids is 1. The van der Waals surface area contributed by atoms with Crippen LogP contribution in [0.5, 0.6) is 0 Å². The van der Waals surface area contributed by atoms with E-state index in [0.29, 0.717) is 25.3 Å². The lowest BCUT2D eigenvalue weighted by Gasteiger charge is -2.38. The summed E-state index contributed by atoms with van der Waals surface area (Å²) in [6, 6.07) is 17.6. The molecule has 1 fully saturated rings. The second kappa shape index (κ2) is 6.94. The molecule has 1 saturated heterocycles. The second-order valence-electron chi connectivity index (χ2n) is 5.94. The van der Waals surface area contributed by atoms with Gasteiger partial charge in [-0.1, -0.05) is 42.5 Å². The zero-order valence-electron chi connectivity index (χ0n) is 13.3. The van der Waals surface area contributed by atoms with Gasteiger partial charge in [-0.25, -0.2) is 0 Å². The van der Waals surface area contributed by atoms with E-state index in [4.69, 9.17) is 10.5 Å². The molecular formula is C19H22N2O2. The van der Waals surface area contributed by atoms with Gasteiger partial charge in [0.1, 0.15) is 6.10 Å². The molecule has 0 aliphatic carbocycles. The lowest BCUT2D eigenvalue weighted by Crippen LogP contribution is -2.48. The Morgan fingerprint density at radius 2 is 1.87 bits per heavy atom. The number of ether oxygens (including phenoxy) is 1. The highest BCUT2D eigenvalue weighted by Crippen LogP contribution is 2.26. The van der Waals surface area contributed by atoms with Crippen LogP contribution < -0.4 is 5.73 Å². The second-order valence-corrected chi connectivity index (χ2v) is 5.94. The molecule has 2 aromatic carbocycles. The van der Waals surface area contributed by atoms with Crippen molar-refractivity contribution in [3.63, 3.8) is 0 Å². The van der Waals surface area contributed by atoms with Gasteiger partial charge in [0.2, 0.25) is 0 Å². The maximum Gasteiger partial charge on any atom is 0.254 e. The van der Waals surface area contributed by atoms with Crippen LogP contribution in [0.4, 0.5) is 0 Å². The minimum atomic E-state index is -0.0698. The summed E-state index contributed by atoms with van der Waals surface area (Å²) in [6.45, 7) is 3.63. The first-order chi connectivity index (χ1) is 11.2. The molecular weight excluding hydrogens is 288 g/mol. The number of amides is 1. The molecule has 0 aromatic heterocycles. The van der Waals surface area contributed by atoms with Crippen molar-refractivity contribution in [2.45, 2.75) is 25.6 Å². The summed E-state index contributed by atoms with van der Waals surface area (Å²) in [5.74, 6) is 0.0466. The van der Waals surface area contributed by atoms with E-state index < -0.39 is 0 Å². The van der Waals surface area contributed by atoms with Crippen molar-refractivity contribution in [1.29, 1.82) is 0 Å². The van der Waals surface area contributed by atoms with Crippen LogP contribution >= 0.6 is 0 Å². The van der Waals surface area contributed by atoms with Crippen molar-refractivity contribution in [2.75, 3.05) is 13.2 Å². The van der Waals surface area contributed by atoms with Gasteiger partial charge < -0.3 is 15.4 Å². The number of morpholine rings is 1. The molecule has 2 atom stereocenters. The highest BCUT2D eigenvalue weighted by atomic mass is 16.5. The maximum absolute atomic E-state index is 12.8. The van der Waals surface area contributed by atoms with E-state index >= 15 is 0 Å². The molecule has 0 spiro atoms. The van der Waals surface area contributed by atoms with Gasteiger partial charge in [-0.05, 0) is 30.2 Å². The number of nitrogens with zero attached hydrogens (tertiary/aromatic N) is 1. The van der Waals surface area contributed by atoms with Gasteiger partial charge in [0.15, 0.2) is 0 Å². The van der Waals surface area contributed by atoms with Crippen molar-refractivity contribution in [2.24, 2.45) is 5.73 Å². The maximum atomic E-state index is 12.8. The Kier molecular flexibility index (Phi) is 4.74. The quantitative estimate of drug-likeness (QED) is 0.948. The van der Waals surface area contributed by atoms with Gasteiger partial charge in [0, 0.05) is 12.1 Å². The Morgan fingerprint density at radius 3 is 2.52 bits per heavy atom. The Balaban J connectivity index is 1.77. The van der Waals surface area contributed by atoms with Crippen LogP contribution in [0, 0.1) is 0 Å². The molecule has 4 nitrogen and oxygen atoms in total. The highest BCUT2D eigenvalue weighted by Gasteiger charge is 2.30. The SMILES string of the molecule is CC1COC(c2ccccc2)CN1C(=O)c1ccc(CN)cc1. The first kappa shape index (κ1) is 15.7. The van der Waals surface area contributed by atoms with Crippen LogP contribution in [0.3, 0.4) is 0 Å². The Bertz CT molecular complexity index is 655. The zero-order valence-corrected chi connectivity index (χ0v) is 13.3. The summed E-state index contributed by atoms with van der Waals surface area (Å²) in [7, 11) is 0. The predicted molar refractivity (Wildman–Crippen MR) is 90.0 cm³/mol. The number of hydrogen-bond acceptors (Lipinski definition) is 3. The number of benzene rings is 2. The lowest BCUT2D eigenvalue weighted by atomic mass is 10.0. The molecule has 1 heterocycles. The van der Waals surface area contributed by atoms with Crippen LogP contribution in [0.1, 0.15) is 34.5 Å². The Hall–Kier alpha value is -2.17. The molecule has 0 radical (unpaired) electrons. The molecule has 1 aliphatic rings. The first-order valence-electron chi connectivity index (χ1n) is 7.95. The van der Waals surface area contributed by atoms with Gasteiger partial charge in [-0.3, -0.25) is 4.79 Å². The zero-order chi connectivity index (χ0) is 16.2. The number of nitrogens with two attached hydrogens (primary N) is 1. The topological polar surface area (TPSA) is 55.6 Å². The van der Waals surface area contributed by atoms with E-state index in [9.17, 15) is 4.79 Å². The van der Waals surface area contributed by atoms with Gasteiger partial charge in [-0.15, -0.1) is 0 Å². The van der Waals surface area contributed by atoms with Gasteiger partial charge >= 0.3 is 0 Å². The van der Waals surface area contributed by atoms with Gasteiger partial charge in [-0.2, -0.15) is 0 Å². The molecule has 1 aliphatic heterocycles. The molecule has 23 heavy (non-hydrogen) atoms. The molecule has 1 amide bonds. The molecule has 3 rings (SSSR count). The average molecular weight is 310 g/mol. The molecule has 0 bridgehead atoms. The number of hydrogen-bond donors (Lipinski definition) is 1. The number of carbonyl (C=O) groups is 1. The summed E-state index contributed by atoms with van der Waals surface area (Å²) in [6.07, 6.45) is -0.0698. The predicted octanol–water partition coefficient (Wildman–Crippen LogP) is 2.75. The van der Waals surface area contributed by atoms with Crippen LogP contribution in [-0.2, 0) is 11.3 Å². The van der Waals surface area contributed by atoms with Gasteiger partial charge in [0.25, 0.3) is 5.91 Å². The van der Waals surface area contributed by atoms with Crippen LogP contribution in [-0.4, -0.2) is 30.0 Å². The molecule has 2 aromatic rings. The van der Waals surface area contributed by atoms with Crippen molar-refractivity contribution < 1.29 is 9.53 Å². The molecule has 0 saturated carbocycles. The fourth-order valence-corrected chi connectivity index (χ4v) is 2.86. The van der Waals surface area contributed by atoms with Crippen molar-refractivity contribution in [1.82, 2.24) is 4.90 Å². The summed E-state index contributed by atoms with van der Waals surface area (Å²) in [5, 5.41) is 0. The van der Waals surface area contributed by atoms with Crippen molar-refractivity contribution >= 4 is 5.91 Å². The number of rotatable bonds is 3. The largest absolute Gasteiger partial charge is 0.370 e. The molecule has 2 unspecified atom stereocenters. The molecule has 120 valence electrons. The van der Waals surface area contributed by atoms with E-state index in [1.165, 1.54) is 0 Å².